The third kappa shape index (κ3) is 3.64. The van der Waals surface area contributed by atoms with Gasteiger partial charge in [-0.25, -0.2) is 0 Å². The standard InChI is InChI=1S/C20H23NO2S/c22-20(19-5-2-12-24-19)21(17-8-9-17)13-15-6-10-18(11-7-15)23-14-16-3-1-4-16/h2,5-7,10-12,16-17H,1,3-4,8-9,13-14H2. The van der Waals surface area contributed by atoms with Gasteiger partial charge in [-0.3, -0.25) is 4.79 Å². The molecule has 2 aliphatic carbocycles. The summed E-state index contributed by atoms with van der Waals surface area (Å²) in [4.78, 5) is 15.5. The van der Waals surface area contributed by atoms with Gasteiger partial charge in [0.15, 0.2) is 0 Å². The van der Waals surface area contributed by atoms with Crippen LogP contribution in [0, 0.1) is 5.92 Å². The van der Waals surface area contributed by atoms with E-state index in [2.05, 4.69) is 12.1 Å². The molecule has 126 valence electrons. The Morgan fingerprint density at radius 1 is 1.12 bits per heavy atom. The van der Waals surface area contributed by atoms with Gasteiger partial charge in [-0.2, -0.15) is 0 Å². The van der Waals surface area contributed by atoms with Crippen molar-refractivity contribution in [2.75, 3.05) is 6.61 Å². The van der Waals surface area contributed by atoms with E-state index in [0.29, 0.717) is 12.6 Å². The first kappa shape index (κ1) is 15.7. The summed E-state index contributed by atoms with van der Waals surface area (Å²) in [6.07, 6.45) is 6.21. The lowest BCUT2D eigenvalue weighted by molar-refractivity contribution is 0.0735. The lowest BCUT2D eigenvalue weighted by Crippen LogP contribution is -2.32. The smallest absolute Gasteiger partial charge is 0.264 e. The van der Waals surface area contributed by atoms with Crippen molar-refractivity contribution in [2.24, 2.45) is 5.92 Å². The second kappa shape index (κ2) is 6.98. The fourth-order valence-corrected chi connectivity index (χ4v) is 3.73. The Balaban J connectivity index is 1.38. The molecule has 24 heavy (non-hydrogen) atoms. The molecule has 4 rings (SSSR count). The van der Waals surface area contributed by atoms with Crippen molar-refractivity contribution in [2.45, 2.75) is 44.7 Å². The minimum atomic E-state index is 0.165. The van der Waals surface area contributed by atoms with Gasteiger partial charge in [0.1, 0.15) is 5.75 Å². The fourth-order valence-electron chi connectivity index (χ4n) is 3.06. The van der Waals surface area contributed by atoms with Gasteiger partial charge in [0, 0.05) is 12.6 Å². The Morgan fingerprint density at radius 2 is 1.92 bits per heavy atom. The lowest BCUT2D eigenvalue weighted by Gasteiger charge is -2.25. The SMILES string of the molecule is O=C(c1cccs1)N(Cc1ccc(OCC2CCC2)cc1)C1CC1. The van der Waals surface area contributed by atoms with Crippen LogP contribution in [0.25, 0.3) is 0 Å². The van der Waals surface area contributed by atoms with Gasteiger partial charge >= 0.3 is 0 Å². The van der Waals surface area contributed by atoms with Gasteiger partial charge in [-0.1, -0.05) is 24.6 Å². The van der Waals surface area contributed by atoms with E-state index in [4.69, 9.17) is 4.74 Å². The van der Waals surface area contributed by atoms with Crippen molar-refractivity contribution >= 4 is 17.2 Å². The van der Waals surface area contributed by atoms with Crippen LogP contribution < -0.4 is 4.74 Å². The molecule has 0 N–H and O–H groups in total. The molecule has 1 aromatic heterocycles. The largest absolute Gasteiger partial charge is 0.493 e. The monoisotopic (exact) mass is 341 g/mol. The van der Waals surface area contributed by atoms with E-state index in [9.17, 15) is 4.79 Å². The fraction of sp³-hybridized carbons (Fsp3) is 0.450. The molecule has 0 bridgehead atoms. The van der Waals surface area contributed by atoms with Crippen molar-refractivity contribution in [3.05, 3.63) is 52.2 Å². The number of hydrogen-bond donors (Lipinski definition) is 0. The molecule has 1 amide bonds. The molecule has 0 atom stereocenters. The molecule has 0 unspecified atom stereocenters. The normalized spacial score (nSPS) is 17.3. The third-order valence-corrected chi connectivity index (χ3v) is 5.83. The first-order valence-corrected chi connectivity index (χ1v) is 9.74. The number of nitrogens with zero attached hydrogens (tertiary/aromatic N) is 1. The summed E-state index contributed by atoms with van der Waals surface area (Å²) in [5.41, 5.74) is 1.17. The Hall–Kier alpha value is -1.81. The molecule has 4 heteroatoms. The molecular weight excluding hydrogens is 318 g/mol. The maximum absolute atomic E-state index is 12.7. The van der Waals surface area contributed by atoms with Crippen LogP contribution in [-0.4, -0.2) is 23.5 Å². The molecule has 2 aliphatic rings. The summed E-state index contributed by atoms with van der Waals surface area (Å²) >= 11 is 1.52. The maximum atomic E-state index is 12.7. The highest BCUT2D eigenvalue weighted by Gasteiger charge is 2.33. The van der Waals surface area contributed by atoms with Crippen LogP contribution in [0.15, 0.2) is 41.8 Å². The number of carbonyl (C=O) groups excluding carboxylic acids is 1. The minimum absolute atomic E-state index is 0.165. The first-order chi connectivity index (χ1) is 11.8. The topological polar surface area (TPSA) is 29.5 Å². The van der Waals surface area contributed by atoms with Crippen LogP contribution in [0.5, 0.6) is 5.75 Å². The van der Waals surface area contributed by atoms with E-state index in [1.807, 2.05) is 34.5 Å². The Bertz CT molecular complexity index is 672. The van der Waals surface area contributed by atoms with Crippen LogP contribution in [0.4, 0.5) is 0 Å². The van der Waals surface area contributed by atoms with Crippen molar-refractivity contribution in [3.8, 4) is 5.75 Å². The number of carbonyl (C=O) groups is 1. The van der Waals surface area contributed by atoms with Crippen molar-refractivity contribution in [1.29, 1.82) is 0 Å². The molecule has 2 aromatic rings. The quantitative estimate of drug-likeness (QED) is 0.728. The molecule has 1 heterocycles. The summed E-state index contributed by atoms with van der Waals surface area (Å²) in [7, 11) is 0. The molecule has 3 nitrogen and oxygen atoms in total. The summed E-state index contributed by atoms with van der Waals surface area (Å²) in [6, 6.07) is 12.5. The number of hydrogen-bond acceptors (Lipinski definition) is 3. The van der Waals surface area contributed by atoms with Gasteiger partial charge in [0.25, 0.3) is 5.91 Å². The highest BCUT2D eigenvalue weighted by Crippen LogP contribution is 2.31. The highest BCUT2D eigenvalue weighted by molar-refractivity contribution is 7.12. The average Bonchev–Trinajstić information content (AvgIpc) is 3.25. The zero-order valence-electron chi connectivity index (χ0n) is 13.8. The zero-order chi connectivity index (χ0) is 16.4. The number of amides is 1. The Kier molecular flexibility index (Phi) is 4.56. The molecule has 2 fully saturated rings. The summed E-state index contributed by atoms with van der Waals surface area (Å²) in [6.45, 7) is 1.52. The second-order valence-electron chi connectivity index (χ2n) is 6.89. The van der Waals surface area contributed by atoms with E-state index in [-0.39, 0.29) is 5.91 Å². The van der Waals surface area contributed by atoms with E-state index in [1.54, 1.807) is 0 Å². The van der Waals surface area contributed by atoms with Gasteiger partial charge in [0.05, 0.1) is 11.5 Å². The molecular formula is C20H23NO2S. The number of thiophene rings is 1. The third-order valence-electron chi connectivity index (χ3n) is 4.97. The molecule has 2 saturated carbocycles. The van der Waals surface area contributed by atoms with Gasteiger partial charge in [-0.05, 0) is 60.7 Å². The van der Waals surface area contributed by atoms with Gasteiger partial charge in [0.2, 0.25) is 0 Å². The highest BCUT2D eigenvalue weighted by atomic mass is 32.1. The van der Waals surface area contributed by atoms with Crippen LogP contribution in [0.3, 0.4) is 0 Å². The molecule has 0 saturated heterocycles. The van der Waals surface area contributed by atoms with Crippen molar-refractivity contribution in [3.63, 3.8) is 0 Å². The summed E-state index contributed by atoms with van der Waals surface area (Å²) < 4.78 is 5.86. The summed E-state index contributed by atoms with van der Waals surface area (Å²) in [5, 5.41) is 1.96. The van der Waals surface area contributed by atoms with E-state index < -0.39 is 0 Å². The zero-order valence-corrected chi connectivity index (χ0v) is 14.6. The van der Waals surface area contributed by atoms with Gasteiger partial charge in [-0.15, -0.1) is 11.3 Å². The van der Waals surface area contributed by atoms with E-state index >= 15 is 0 Å². The van der Waals surface area contributed by atoms with Crippen LogP contribution in [-0.2, 0) is 6.54 Å². The number of rotatable bonds is 7. The molecule has 1 aromatic carbocycles. The molecule has 0 radical (unpaired) electrons. The van der Waals surface area contributed by atoms with Crippen molar-refractivity contribution in [1.82, 2.24) is 4.90 Å². The minimum Gasteiger partial charge on any atom is -0.493 e. The summed E-state index contributed by atoms with van der Waals surface area (Å²) in [5.74, 6) is 1.85. The number of benzene rings is 1. The van der Waals surface area contributed by atoms with E-state index in [1.165, 1.54) is 36.2 Å². The Labute approximate surface area is 147 Å². The van der Waals surface area contributed by atoms with Crippen LogP contribution in [0.2, 0.25) is 0 Å². The van der Waals surface area contributed by atoms with Crippen molar-refractivity contribution < 1.29 is 9.53 Å². The predicted octanol–water partition coefficient (Wildman–Crippen LogP) is 4.73. The molecule has 0 spiro atoms. The van der Waals surface area contributed by atoms with Gasteiger partial charge < -0.3 is 9.64 Å². The van der Waals surface area contributed by atoms with E-state index in [0.717, 1.165) is 36.0 Å². The van der Waals surface area contributed by atoms with Crippen LogP contribution in [0.1, 0.15) is 47.3 Å². The average molecular weight is 341 g/mol. The first-order valence-electron chi connectivity index (χ1n) is 8.86. The molecule has 0 aliphatic heterocycles. The second-order valence-corrected chi connectivity index (χ2v) is 7.84. The number of ether oxygens (including phenoxy) is 1. The Morgan fingerprint density at radius 3 is 2.50 bits per heavy atom. The van der Waals surface area contributed by atoms with Crippen LogP contribution >= 0.6 is 11.3 Å². The maximum Gasteiger partial charge on any atom is 0.264 e. The predicted molar refractivity (Wildman–Crippen MR) is 96.5 cm³/mol. The lowest BCUT2D eigenvalue weighted by atomic mass is 9.86.